The van der Waals surface area contributed by atoms with Crippen LogP contribution in [0.5, 0.6) is 0 Å². The molecule has 0 saturated carbocycles. The molecule has 1 fully saturated rings. The topological polar surface area (TPSA) is 46.6 Å². The minimum absolute atomic E-state index is 0.0736. The number of rotatable bonds is 3. The number of morpholine rings is 1. The first kappa shape index (κ1) is 18.0. The molecule has 3 rings (SSSR count). The van der Waals surface area contributed by atoms with Gasteiger partial charge in [0.15, 0.2) is 0 Å². The molecule has 0 spiro atoms. The minimum Gasteiger partial charge on any atom is -0.370 e. The molecule has 0 aliphatic carbocycles. The first-order valence-corrected chi connectivity index (χ1v) is 9.61. The first-order chi connectivity index (χ1) is 11.7. The highest BCUT2D eigenvalue weighted by Gasteiger charge is 2.43. The molecule has 4 nitrogen and oxygen atoms in total. The third-order valence-electron chi connectivity index (χ3n) is 4.47. The van der Waals surface area contributed by atoms with Crippen LogP contribution in [0.4, 0.5) is 4.39 Å². The van der Waals surface area contributed by atoms with Gasteiger partial charge in [0.1, 0.15) is 5.82 Å². The second-order valence-electron chi connectivity index (χ2n) is 6.99. The van der Waals surface area contributed by atoms with Gasteiger partial charge in [0.2, 0.25) is 10.0 Å². The number of aryl methyl sites for hydroxylation is 1. The predicted molar refractivity (Wildman–Crippen MR) is 94.2 cm³/mol. The fourth-order valence-electron chi connectivity index (χ4n) is 3.08. The highest BCUT2D eigenvalue weighted by molar-refractivity contribution is 7.89. The molecule has 0 radical (unpaired) electrons. The standard InChI is InChI=1S/C19H22FNO3S/c1-14-7-6-8-15(11-14)25(22,23)21-12-18(24-13-19(21,2)3)16-9-4-5-10-17(16)20/h4-11,18H,12-13H2,1-3H3. The molecule has 1 aliphatic rings. The van der Waals surface area contributed by atoms with E-state index in [-0.39, 0.29) is 23.9 Å². The monoisotopic (exact) mass is 363 g/mol. The Morgan fingerprint density at radius 1 is 1.16 bits per heavy atom. The van der Waals surface area contributed by atoms with Gasteiger partial charge in [0, 0.05) is 12.1 Å². The van der Waals surface area contributed by atoms with Crippen LogP contribution in [0.15, 0.2) is 53.4 Å². The highest BCUT2D eigenvalue weighted by Crippen LogP contribution is 2.35. The summed E-state index contributed by atoms with van der Waals surface area (Å²) in [6.07, 6.45) is -0.631. The van der Waals surface area contributed by atoms with Gasteiger partial charge in [-0.2, -0.15) is 4.31 Å². The van der Waals surface area contributed by atoms with Gasteiger partial charge >= 0.3 is 0 Å². The van der Waals surface area contributed by atoms with Crippen LogP contribution in [0, 0.1) is 12.7 Å². The molecule has 2 aromatic carbocycles. The lowest BCUT2D eigenvalue weighted by Gasteiger charge is -2.44. The van der Waals surface area contributed by atoms with Crippen molar-refractivity contribution in [3.05, 3.63) is 65.5 Å². The Bertz CT molecular complexity index is 880. The average molecular weight is 363 g/mol. The van der Waals surface area contributed by atoms with E-state index in [9.17, 15) is 12.8 Å². The summed E-state index contributed by atoms with van der Waals surface area (Å²) in [5.41, 5.74) is 0.532. The molecule has 0 bridgehead atoms. The van der Waals surface area contributed by atoms with Crippen LogP contribution < -0.4 is 0 Å². The fraction of sp³-hybridized carbons (Fsp3) is 0.368. The molecule has 1 heterocycles. The summed E-state index contributed by atoms with van der Waals surface area (Å²) in [5, 5.41) is 0. The van der Waals surface area contributed by atoms with Crippen molar-refractivity contribution < 1.29 is 17.5 Å². The molecule has 0 aromatic heterocycles. The molecule has 0 N–H and O–H groups in total. The maximum atomic E-state index is 14.1. The van der Waals surface area contributed by atoms with Crippen LogP contribution in [0.2, 0.25) is 0 Å². The first-order valence-electron chi connectivity index (χ1n) is 8.17. The summed E-state index contributed by atoms with van der Waals surface area (Å²) in [6, 6.07) is 13.1. The van der Waals surface area contributed by atoms with Crippen molar-refractivity contribution >= 4 is 10.0 Å². The van der Waals surface area contributed by atoms with Crippen LogP contribution in [0.25, 0.3) is 0 Å². The van der Waals surface area contributed by atoms with Crippen molar-refractivity contribution in [2.45, 2.75) is 37.3 Å². The molecular formula is C19H22FNO3S. The van der Waals surface area contributed by atoms with Crippen LogP contribution in [0.3, 0.4) is 0 Å². The second kappa shape index (κ2) is 6.52. The van der Waals surface area contributed by atoms with Crippen LogP contribution in [-0.2, 0) is 14.8 Å². The number of nitrogens with zero attached hydrogens (tertiary/aromatic N) is 1. The Labute approximate surface area is 148 Å². The molecule has 1 aliphatic heterocycles. The molecule has 0 amide bonds. The minimum atomic E-state index is -3.72. The van der Waals surface area contributed by atoms with Gasteiger partial charge in [-0.05, 0) is 44.5 Å². The zero-order valence-electron chi connectivity index (χ0n) is 14.6. The fourth-order valence-corrected chi connectivity index (χ4v) is 4.95. The quantitative estimate of drug-likeness (QED) is 0.836. The van der Waals surface area contributed by atoms with Crippen molar-refractivity contribution in [1.82, 2.24) is 4.31 Å². The van der Waals surface area contributed by atoms with E-state index in [1.807, 2.05) is 26.8 Å². The maximum Gasteiger partial charge on any atom is 0.243 e. The van der Waals surface area contributed by atoms with Crippen molar-refractivity contribution in [2.24, 2.45) is 0 Å². The number of hydrogen-bond donors (Lipinski definition) is 0. The van der Waals surface area contributed by atoms with Gasteiger partial charge in [-0.1, -0.05) is 30.3 Å². The van der Waals surface area contributed by atoms with Crippen molar-refractivity contribution in [3.8, 4) is 0 Å². The summed E-state index contributed by atoms with van der Waals surface area (Å²) in [4.78, 5) is 0.245. The van der Waals surface area contributed by atoms with E-state index in [1.54, 1.807) is 36.4 Å². The third kappa shape index (κ3) is 3.47. The lowest BCUT2D eigenvalue weighted by atomic mass is 10.0. The lowest BCUT2D eigenvalue weighted by Crippen LogP contribution is -2.56. The van der Waals surface area contributed by atoms with E-state index < -0.39 is 21.7 Å². The molecule has 1 saturated heterocycles. The van der Waals surface area contributed by atoms with E-state index in [4.69, 9.17) is 4.74 Å². The number of halogens is 1. The Morgan fingerprint density at radius 2 is 1.88 bits per heavy atom. The number of benzene rings is 2. The zero-order chi connectivity index (χ0) is 18.2. The van der Waals surface area contributed by atoms with Gasteiger partial charge in [-0.3, -0.25) is 0 Å². The van der Waals surface area contributed by atoms with Crippen LogP contribution in [0.1, 0.15) is 31.1 Å². The van der Waals surface area contributed by atoms with Crippen molar-refractivity contribution in [3.63, 3.8) is 0 Å². The summed E-state index contributed by atoms with van der Waals surface area (Å²) < 4.78 is 47.7. The van der Waals surface area contributed by atoms with Crippen molar-refractivity contribution in [2.75, 3.05) is 13.2 Å². The summed E-state index contributed by atoms with van der Waals surface area (Å²) in [5.74, 6) is -0.389. The van der Waals surface area contributed by atoms with Crippen molar-refractivity contribution in [1.29, 1.82) is 0 Å². The lowest BCUT2D eigenvalue weighted by molar-refractivity contribution is -0.0667. The van der Waals surface area contributed by atoms with E-state index in [1.165, 1.54) is 10.4 Å². The Hall–Kier alpha value is -1.76. The molecular weight excluding hydrogens is 341 g/mol. The number of ether oxygens (including phenoxy) is 1. The normalized spacial score (nSPS) is 21.2. The van der Waals surface area contributed by atoms with Gasteiger partial charge in [0.05, 0.1) is 23.1 Å². The predicted octanol–water partition coefficient (Wildman–Crippen LogP) is 3.67. The number of sulfonamides is 1. The molecule has 1 unspecified atom stereocenters. The smallest absolute Gasteiger partial charge is 0.243 e. The zero-order valence-corrected chi connectivity index (χ0v) is 15.4. The van der Waals surface area contributed by atoms with Gasteiger partial charge in [0.25, 0.3) is 0 Å². The SMILES string of the molecule is Cc1cccc(S(=O)(=O)N2CC(c3ccccc3F)OCC2(C)C)c1. The van der Waals surface area contributed by atoms with Gasteiger partial charge in [-0.25, -0.2) is 12.8 Å². The average Bonchev–Trinajstić information content (AvgIpc) is 2.55. The van der Waals surface area contributed by atoms with Crippen LogP contribution in [-0.4, -0.2) is 31.4 Å². The van der Waals surface area contributed by atoms with E-state index in [0.29, 0.717) is 5.56 Å². The molecule has 1 atom stereocenters. The summed E-state index contributed by atoms with van der Waals surface area (Å²) in [7, 11) is -3.72. The Morgan fingerprint density at radius 3 is 2.56 bits per heavy atom. The summed E-state index contributed by atoms with van der Waals surface area (Å²) >= 11 is 0. The van der Waals surface area contributed by atoms with Gasteiger partial charge in [-0.15, -0.1) is 0 Å². The Balaban J connectivity index is 1.99. The summed E-state index contributed by atoms with van der Waals surface area (Å²) in [6.45, 7) is 5.75. The van der Waals surface area contributed by atoms with E-state index >= 15 is 0 Å². The van der Waals surface area contributed by atoms with E-state index in [2.05, 4.69) is 0 Å². The largest absolute Gasteiger partial charge is 0.370 e. The molecule has 134 valence electrons. The number of hydrogen-bond acceptors (Lipinski definition) is 3. The van der Waals surface area contributed by atoms with Gasteiger partial charge < -0.3 is 4.74 Å². The highest BCUT2D eigenvalue weighted by atomic mass is 32.2. The maximum absolute atomic E-state index is 14.1. The Kier molecular flexibility index (Phi) is 4.70. The van der Waals surface area contributed by atoms with E-state index in [0.717, 1.165) is 5.56 Å². The third-order valence-corrected chi connectivity index (χ3v) is 6.55. The molecule has 6 heteroatoms. The van der Waals surface area contributed by atoms with Crippen LogP contribution >= 0.6 is 0 Å². The molecule has 25 heavy (non-hydrogen) atoms. The molecule has 2 aromatic rings. The second-order valence-corrected chi connectivity index (χ2v) is 8.85.